The minimum Gasteiger partial charge on any atom is -0.450 e. The number of rotatable bonds is 3. The van der Waals surface area contributed by atoms with Gasteiger partial charge in [0.2, 0.25) is 0 Å². The van der Waals surface area contributed by atoms with Gasteiger partial charge in [0.15, 0.2) is 5.58 Å². The molecule has 0 saturated carbocycles. The van der Waals surface area contributed by atoms with Gasteiger partial charge in [-0.25, -0.2) is 0 Å². The zero-order valence-electron chi connectivity index (χ0n) is 7.79. The highest BCUT2D eigenvalue weighted by atomic mass is 35.5. The number of aromatic nitrogens is 1. The van der Waals surface area contributed by atoms with Gasteiger partial charge in [-0.1, -0.05) is 12.1 Å². The Morgan fingerprint density at radius 3 is 3.07 bits per heavy atom. The number of fused-ring (bicyclic) bond motifs is 1. The third-order valence-corrected chi connectivity index (χ3v) is 2.18. The quantitative estimate of drug-likeness (QED) is 0.733. The molecule has 0 atom stereocenters. The van der Waals surface area contributed by atoms with Crippen LogP contribution in [0.25, 0.3) is 11.1 Å². The van der Waals surface area contributed by atoms with E-state index in [1.807, 2.05) is 25.1 Å². The van der Waals surface area contributed by atoms with Crippen LogP contribution in [0.5, 0.6) is 6.08 Å². The minimum atomic E-state index is 0.306. The molecule has 0 bridgehead atoms. The number of halogens is 1. The van der Waals surface area contributed by atoms with Gasteiger partial charge in [-0.05, 0) is 18.6 Å². The number of oxazole rings is 1. The maximum absolute atomic E-state index is 5.77. The summed E-state index contributed by atoms with van der Waals surface area (Å²) in [7, 11) is 0. The van der Waals surface area contributed by atoms with E-state index < -0.39 is 0 Å². The lowest BCUT2D eigenvalue weighted by Gasteiger charge is -1.92. The van der Waals surface area contributed by atoms with Crippen molar-refractivity contribution < 1.29 is 9.15 Å². The predicted octanol–water partition coefficient (Wildman–Crippen LogP) is 2.97. The lowest BCUT2D eigenvalue weighted by atomic mass is 10.2. The van der Waals surface area contributed by atoms with E-state index in [2.05, 4.69) is 4.98 Å². The molecule has 0 aliphatic carbocycles. The highest BCUT2D eigenvalue weighted by Gasteiger charge is 2.08. The third kappa shape index (κ3) is 1.55. The van der Waals surface area contributed by atoms with Gasteiger partial charge in [0.1, 0.15) is 5.52 Å². The molecule has 0 unspecified atom stereocenters. The molecule has 2 aromatic rings. The van der Waals surface area contributed by atoms with Crippen LogP contribution < -0.4 is 4.74 Å². The molecule has 14 heavy (non-hydrogen) atoms. The molecule has 1 aromatic heterocycles. The van der Waals surface area contributed by atoms with Gasteiger partial charge in [0, 0.05) is 5.88 Å². The molecular formula is C10H10ClNO2. The fourth-order valence-electron chi connectivity index (χ4n) is 1.28. The summed E-state index contributed by atoms with van der Waals surface area (Å²) in [6, 6.07) is 5.66. The monoisotopic (exact) mass is 211 g/mol. The van der Waals surface area contributed by atoms with Crippen molar-refractivity contribution in [3.8, 4) is 6.08 Å². The summed E-state index contributed by atoms with van der Waals surface area (Å²) in [5, 5.41) is 0. The molecule has 0 aliphatic heterocycles. The van der Waals surface area contributed by atoms with Crippen LogP contribution in [0.1, 0.15) is 12.5 Å². The van der Waals surface area contributed by atoms with Crippen LogP contribution in [0.2, 0.25) is 0 Å². The van der Waals surface area contributed by atoms with Crippen molar-refractivity contribution in [2.24, 2.45) is 0 Å². The summed E-state index contributed by atoms with van der Waals surface area (Å²) in [6.45, 7) is 2.43. The number of ether oxygens (including phenoxy) is 1. The highest BCUT2D eigenvalue weighted by Crippen LogP contribution is 2.24. The molecule has 1 aromatic carbocycles. The maximum atomic E-state index is 5.77. The van der Waals surface area contributed by atoms with E-state index in [0.29, 0.717) is 24.1 Å². The summed E-state index contributed by atoms with van der Waals surface area (Å²) >= 11 is 5.77. The molecule has 0 amide bonds. The van der Waals surface area contributed by atoms with Crippen LogP contribution in [0, 0.1) is 0 Å². The molecule has 0 spiro atoms. The Balaban J connectivity index is 2.52. The van der Waals surface area contributed by atoms with Crippen LogP contribution >= 0.6 is 11.6 Å². The Labute approximate surface area is 86.6 Å². The number of hydrogen-bond donors (Lipinski definition) is 0. The van der Waals surface area contributed by atoms with Gasteiger partial charge >= 0.3 is 6.08 Å². The van der Waals surface area contributed by atoms with Gasteiger partial charge in [-0.15, -0.1) is 11.6 Å². The Bertz CT molecular complexity index is 439. The first-order chi connectivity index (χ1) is 6.85. The normalized spacial score (nSPS) is 10.7. The number of nitrogens with zero attached hydrogens (tertiary/aromatic N) is 1. The van der Waals surface area contributed by atoms with Crippen molar-refractivity contribution in [1.29, 1.82) is 0 Å². The van der Waals surface area contributed by atoms with Gasteiger partial charge in [0.25, 0.3) is 0 Å². The molecular weight excluding hydrogens is 202 g/mol. The van der Waals surface area contributed by atoms with E-state index in [9.17, 15) is 0 Å². The fourth-order valence-corrected chi connectivity index (χ4v) is 1.49. The van der Waals surface area contributed by atoms with Gasteiger partial charge in [-0.2, -0.15) is 4.98 Å². The van der Waals surface area contributed by atoms with E-state index in [4.69, 9.17) is 20.8 Å². The number of benzene rings is 1. The van der Waals surface area contributed by atoms with Gasteiger partial charge in [0.05, 0.1) is 6.61 Å². The molecule has 2 rings (SSSR count). The Kier molecular flexibility index (Phi) is 2.59. The van der Waals surface area contributed by atoms with E-state index in [1.165, 1.54) is 0 Å². The molecule has 74 valence electrons. The largest absolute Gasteiger partial charge is 0.450 e. The van der Waals surface area contributed by atoms with E-state index in [-0.39, 0.29) is 0 Å². The first-order valence-electron chi connectivity index (χ1n) is 4.42. The van der Waals surface area contributed by atoms with Crippen LogP contribution in [0.4, 0.5) is 0 Å². The second-order valence-corrected chi connectivity index (χ2v) is 3.08. The molecule has 0 fully saturated rings. The standard InChI is InChI=1S/C10H10ClNO2/c1-2-13-10-12-9-7(6-11)4-3-5-8(9)14-10/h3-5H,2,6H2,1H3. The summed E-state index contributed by atoms with van der Waals surface area (Å²) in [4.78, 5) is 4.20. The summed E-state index contributed by atoms with van der Waals surface area (Å²) in [5.74, 6) is 0.426. The van der Waals surface area contributed by atoms with Crippen molar-refractivity contribution >= 4 is 22.7 Å². The third-order valence-electron chi connectivity index (χ3n) is 1.89. The Morgan fingerprint density at radius 1 is 1.50 bits per heavy atom. The average molecular weight is 212 g/mol. The number of alkyl halides is 1. The van der Waals surface area contributed by atoms with Crippen LogP contribution in [-0.2, 0) is 5.88 Å². The van der Waals surface area contributed by atoms with Crippen molar-refractivity contribution in [3.05, 3.63) is 23.8 Å². The van der Waals surface area contributed by atoms with Crippen molar-refractivity contribution in [2.75, 3.05) is 6.61 Å². The van der Waals surface area contributed by atoms with Crippen molar-refractivity contribution in [3.63, 3.8) is 0 Å². The molecule has 4 heteroatoms. The maximum Gasteiger partial charge on any atom is 0.394 e. The number of para-hydroxylation sites is 1. The summed E-state index contributed by atoms with van der Waals surface area (Å²) in [6.07, 6.45) is 0.306. The van der Waals surface area contributed by atoms with Gasteiger partial charge < -0.3 is 9.15 Å². The molecule has 1 heterocycles. The molecule has 0 aliphatic rings. The first-order valence-corrected chi connectivity index (χ1v) is 4.95. The topological polar surface area (TPSA) is 35.3 Å². The SMILES string of the molecule is CCOc1nc2c(CCl)cccc2o1. The van der Waals surface area contributed by atoms with E-state index in [0.717, 1.165) is 11.1 Å². The Morgan fingerprint density at radius 2 is 2.36 bits per heavy atom. The molecule has 0 radical (unpaired) electrons. The molecule has 3 nitrogen and oxygen atoms in total. The lowest BCUT2D eigenvalue weighted by Crippen LogP contribution is -1.90. The van der Waals surface area contributed by atoms with Crippen molar-refractivity contribution in [2.45, 2.75) is 12.8 Å². The van der Waals surface area contributed by atoms with E-state index in [1.54, 1.807) is 0 Å². The lowest BCUT2D eigenvalue weighted by molar-refractivity contribution is 0.251. The zero-order valence-corrected chi connectivity index (χ0v) is 8.54. The average Bonchev–Trinajstić information content (AvgIpc) is 2.60. The van der Waals surface area contributed by atoms with Crippen LogP contribution in [0.15, 0.2) is 22.6 Å². The highest BCUT2D eigenvalue weighted by molar-refractivity contribution is 6.17. The molecule has 0 N–H and O–H groups in total. The number of hydrogen-bond acceptors (Lipinski definition) is 3. The second kappa shape index (κ2) is 3.88. The van der Waals surface area contributed by atoms with Crippen LogP contribution in [-0.4, -0.2) is 11.6 Å². The smallest absolute Gasteiger partial charge is 0.394 e. The minimum absolute atomic E-state index is 0.306. The first kappa shape index (κ1) is 9.34. The second-order valence-electron chi connectivity index (χ2n) is 2.81. The predicted molar refractivity (Wildman–Crippen MR) is 54.7 cm³/mol. The van der Waals surface area contributed by atoms with E-state index >= 15 is 0 Å². The fraction of sp³-hybridized carbons (Fsp3) is 0.300. The molecule has 0 saturated heterocycles. The Hall–Kier alpha value is -1.22. The summed E-state index contributed by atoms with van der Waals surface area (Å²) in [5.41, 5.74) is 2.46. The van der Waals surface area contributed by atoms with Gasteiger partial charge in [-0.3, -0.25) is 0 Å². The zero-order chi connectivity index (χ0) is 9.97. The summed E-state index contributed by atoms with van der Waals surface area (Å²) < 4.78 is 10.5. The van der Waals surface area contributed by atoms with Crippen LogP contribution in [0.3, 0.4) is 0 Å². The van der Waals surface area contributed by atoms with Crippen molar-refractivity contribution in [1.82, 2.24) is 4.98 Å².